The molecule has 0 saturated heterocycles. The highest BCUT2D eigenvalue weighted by atomic mass is 35.5. The second kappa shape index (κ2) is 8.60. The maximum absolute atomic E-state index is 12.1. The molecular weight excluding hydrogens is 296 g/mol. The van der Waals surface area contributed by atoms with Gasteiger partial charge in [0.1, 0.15) is 12.4 Å². The Hall–Kier alpha value is -1.80. The molecule has 0 spiro atoms. The summed E-state index contributed by atoms with van der Waals surface area (Å²) in [4.78, 5) is 12.1. The number of unbranched alkanes of at least 4 members (excludes halogenated alkanes) is 1. The fraction of sp³-hybridized carbons (Fsp3) is 0.316. The number of hydrogen-bond acceptors (Lipinski definition) is 2. The van der Waals surface area contributed by atoms with Crippen molar-refractivity contribution < 1.29 is 9.53 Å². The largest absolute Gasteiger partial charge is 0.489 e. The van der Waals surface area contributed by atoms with E-state index in [0.29, 0.717) is 18.9 Å². The molecule has 0 N–H and O–H groups in total. The maximum Gasteiger partial charge on any atom is 0.163 e. The first-order chi connectivity index (χ1) is 10.7. The van der Waals surface area contributed by atoms with Crippen molar-refractivity contribution in [2.45, 2.75) is 32.8 Å². The zero-order chi connectivity index (χ0) is 15.8. The number of benzene rings is 2. The van der Waals surface area contributed by atoms with Crippen LogP contribution >= 0.6 is 11.6 Å². The van der Waals surface area contributed by atoms with Crippen LogP contribution < -0.4 is 4.74 Å². The quantitative estimate of drug-likeness (QED) is 0.382. The molecule has 0 aromatic heterocycles. The summed E-state index contributed by atoms with van der Waals surface area (Å²) in [5.74, 6) is 1.58. The minimum absolute atomic E-state index is 0.178. The van der Waals surface area contributed by atoms with Crippen LogP contribution in [0.15, 0.2) is 48.5 Å². The third-order valence-corrected chi connectivity index (χ3v) is 3.80. The van der Waals surface area contributed by atoms with Gasteiger partial charge in [-0.3, -0.25) is 4.79 Å². The van der Waals surface area contributed by atoms with Gasteiger partial charge in [-0.1, -0.05) is 30.3 Å². The predicted octanol–water partition coefficient (Wildman–Crippen LogP) is 5.17. The Morgan fingerprint density at radius 3 is 2.55 bits per heavy atom. The topological polar surface area (TPSA) is 26.3 Å². The average molecular weight is 317 g/mol. The average Bonchev–Trinajstić information content (AvgIpc) is 2.54. The van der Waals surface area contributed by atoms with E-state index < -0.39 is 0 Å². The molecule has 0 aliphatic carbocycles. The molecule has 2 aromatic rings. The summed E-state index contributed by atoms with van der Waals surface area (Å²) in [6, 6.07) is 15.7. The Balaban J connectivity index is 1.95. The zero-order valence-corrected chi connectivity index (χ0v) is 13.6. The van der Waals surface area contributed by atoms with Crippen LogP contribution in [0.3, 0.4) is 0 Å². The summed E-state index contributed by atoms with van der Waals surface area (Å²) in [6.07, 6.45) is 2.27. The second-order valence-electron chi connectivity index (χ2n) is 5.32. The number of alkyl halides is 1. The predicted molar refractivity (Wildman–Crippen MR) is 90.9 cm³/mol. The first kappa shape index (κ1) is 16.6. The normalized spacial score (nSPS) is 10.5. The molecule has 0 atom stereocenters. The van der Waals surface area contributed by atoms with Crippen molar-refractivity contribution in [2.75, 3.05) is 5.88 Å². The van der Waals surface area contributed by atoms with E-state index in [-0.39, 0.29) is 5.78 Å². The molecule has 0 aliphatic rings. The van der Waals surface area contributed by atoms with Gasteiger partial charge in [-0.25, -0.2) is 0 Å². The summed E-state index contributed by atoms with van der Waals surface area (Å²) in [5, 5.41) is 0. The van der Waals surface area contributed by atoms with Crippen LogP contribution in [0.5, 0.6) is 5.75 Å². The lowest BCUT2D eigenvalue weighted by Crippen LogP contribution is -2.03. The molecular formula is C19H21ClO2. The van der Waals surface area contributed by atoms with E-state index in [1.807, 2.05) is 55.5 Å². The highest BCUT2D eigenvalue weighted by molar-refractivity contribution is 6.17. The highest BCUT2D eigenvalue weighted by Crippen LogP contribution is 2.20. The van der Waals surface area contributed by atoms with Crippen molar-refractivity contribution >= 4 is 17.4 Å². The van der Waals surface area contributed by atoms with Gasteiger partial charge in [-0.15, -0.1) is 11.6 Å². The lowest BCUT2D eigenvalue weighted by Gasteiger charge is -2.10. The van der Waals surface area contributed by atoms with Crippen LogP contribution in [-0.2, 0) is 6.61 Å². The molecule has 0 aliphatic heterocycles. The van der Waals surface area contributed by atoms with Gasteiger partial charge >= 0.3 is 0 Å². The van der Waals surface area contributed by atoms with Crippen molar-refractivity contribution in [3.63, 3.8) is 0 Å². The third-order valence-electron chi connectivity index (χ3n) is 3.53. The summed E-state index contributed by atoms with van der Waals surface area (Å²) < 4.78 is 5.78. The zero-order valence-electron chi connectivity index (χ0n) is 12.8. The molecule has 0 unspecified atom stereocenters. The Kier molecular flexibility index (Phi) is 6.47. The van der Waals surface area contributed by atoms with E-state index in [9.17, 15) is 4.79 Å². The Morgan fingerprint density at radius 1 is 1.09 bits per heavy atom. The van der Waals surface area contributed by atoms with Crippen molar-refractivity contribution in [3.05, 3.63) is 65.2 Å². The molecule has 22 heavy (non-hydrogen) atoms. The number of rotatable bonds is 8. The molecule has 2 nitrogen and oxygen atoms in total. The minimum Gasteiger partial charge on any atom is -0.489 e. The van der Waals surface area contributed by atoms with Gasteiger partial charge in [0.25, 0.3) is 0 Å². The first-order valence-electron chi connectivity index (χ1n) is 7.57. The standard InChI is InChI=1S/C19H21ClO2/c1-15-13-17(22-14-16-7-3-2-4-8-16)10-11-18(15)19(21)9-5-6-12-20/h2-4,7-8,10-11,13H,5-6,9,12,14H2,1H3. The Labute approximate surface area is 137 Å². The SMILES string of the molecule is Cc1cc(OCc2ccccc2)ccc1C(=O)CCCCCl. The number of hydrogen-bond donors (Lipinski definition) is 0. The highest BCUT2D eigenvalue weighted by Gasteiger charge is 2.09. The van der Waals surface area contributed by atoms with Crippen LogP contribution in [0, 0.1) is 6.92 Å². The van der Waals surface area contributed by atoms with E-state index >= 15 is 0 Å². The molecule has 0 amide bonds. The van der Waals surface area contributed by atoms with Gasteiger partial charge in [-0.05, 0) is 49.1 Å². The van der Waals surface area contributed by atoms with Crippen LogP contribution in [0.25, 0.3) is 0 Å². The van der Waals surface area contributed by atoms with Gasteiger partial charge in [0.2, 0.25) is 0 Å². The molecule has 2 rings (SSSR count). The molecule has 2 aromatic carbocycles. The third kappa shape index (κ3) is 4.88. The second-order valence-corrected chi connectivity index (χ2v) is 5.70. The molecule has 0 fully saturated rings. The van der Waals surface area contributed by atoms with Crippen LogP contribution in [-0.4, -0.2) is 11.7 Å². The first-order valence-corrected chi connectivity index (χ1v) is 8.10. The summed E-state index contributed by atoms with van der Waals surface area (Å²) in [6.45, 7) is 2.48. The van der Waals surface area contributed by atoms with Crippen molar-refractivity contribution in [1.82, 2.24) is 0 Å². The van der Waals surface area contributed by atoms with Crippen molar-refractivity contribution in [2.24, 2.45) is 0 Å². The van der Waals surface area contributed by atoms with Gasteiger partial charge in [0.15, 0.2) is 5.78 Å². The Bertz CT molecular complexity index is 608. The molecule has 0 bridgehead atoms. The lowest BCUT2D eigenvalue weighted by atomic mass is 10.0. The molecule has 0 heterocycles. The lowest BCUT2D eigenvalue weighted by molar-refractivity contribution is 0.0979. The van der Waals surface area contributed by atoms with E-state index in [2.05, 4.69) is 0 Å². The fourth-order valence-electron chi connectivity index (χ4n) is 2.29. The Morgan fingerprint density at radius 2 is 1.86 bits per heavy atom. The molecule has 3 heteroatoms. The van der Waals surface area contributed by atoms with Gasteiger partial charge in [0, 0.05) is 17.9 Å². The summed E-state index contributed by atoms with van der Waals surface area (Å²) in [5.41, 5.74) is 2.87. The van der Waals surface area contributed by atoms with Crippen molar-refractivity contribution in [3.8, 4) is 5.75 Å². The summed E-state index contributed by atoms with van der Waals surface area (Å²) >= 11 is 5.64. The minimum atomic E-state index is 0.178. The van der Waals surface area contributed by atoms with Gasteiger partial charge < -0.3 is 4.74 Å². The van der Waals surface area contributed by atoms with Gasteiger partial charge in [0.05, 0.1) is 0 Å². The number of carbonyl (C=O) groups is 1. The van der Waals surface area contributed by atoms with Crippen LogP contribution in [0.4, 0.5) is 0 Å². The van der Waals surface area contributed by atoms with Crippen molar-refractivity contribution in [1.29, 1.82) is 0 Å². The number of halogens is 1. The molecule has 0 saturated carbocycles. The van der Waals surface area contributed by atoms with E-state index in [1.165, 1.54) is 0 Å². The van der Waals surface area contributed by atoms with E-state index in [0.717, 1.165) is 35.3 Å². The number of aryl methyl sites for hydroxylation is 1. The van der Waals surface area contributed by atoms with Crippen LogP contribution in [0.2, 0.25) is 0 Å². The van der Waals surface area contributed by atoms with E-state index in [1.54, 1.807) is 0 Å². The monoisotopic (exact) mass is 316 g/mol. The maximum atomic E-state index is 12.1. The molecule has 0 radical (unpaired) electrons. The molecule has 116 valence electrons. The smallest absolute Gasteiger partial charge is 0.163 e. The number of Topliss-reactive ketones (excluding diaryl/α,β-unsaturated/α-hetero) is 1. The van der Waals surface area contributed by atoms with E-state index in [4.69, 9.17) is 16.3 Å². The number of ketones is 1. The van der Waals surface area contributed by atoms with Gasteiger partial charge in [-0.2, -0.15) is 0 Å². The number of carbonyl (C=O) groups excluding carboxylic acids is 1. The fourth-order valence-corrected chi connectivity index (χ4v) is 2.48. The van der Waals surface area contributed by atoms with Crippen LogP contribution in [0.1, 0.15) is 40.7 Å². The number of ether oxygens (including phenoxy) is 1. The summed E-state index contributed by atoms with van der Waals surface area (Å²) in [7, 11) is 0.